The van der Waals surface area contributed by atoms with Gasteiger partial charge in [-0.3, -0.25) is 0 Å². The number of hydrogen-bond donors (Lipinski definition) is 2. The molecule has 0 aromatic heterocycles. The second-order valence-electron chi connectivity index (χ2n) is 6.88. The molecule has 0 heterocycles. The Morgan fingerprint density at radius 3 is 1.64 bits per heavy atom. The molecular weight excluding hydrogens is 342 g/mol. The van der Waals surface area contributed by atoms with E-state index >= 15 is 0 Å². The summed E-state index contributed by atoms with van der Waals surface area (Å²) in [6.07, 6.45) is 0. The lowest BCUT2D eigenvalue weighted by Gasteiger charge is -2.15. The van der Waals surface area contributed by atoms with Gasteiger partial charge >= 0.3 is 0 Å². The smallest absolute Gasteiger partial charge is 0.147 e. The van der Waals surface area contributed by atoms with Gasteiger partial charge in [0.25, 0.3) is 0 Å². The number of nitrogens with one attached hydrogen (secondary N) is 1. The van der Waals surface area contributed by atoms with Gasteiger partial charge in [0.1, 0.15) is 5.75 Å². The molecule has 5 aromatic carbocycles. The van der Waals surface area contributed by atoms with Gasteiger partial charge in [-0.25, -0.2) is 0 Å². The molecule has 134 valence electrons. The fraction of sp³-hybridized carbons (Fsp3) is 0. The van der Waals surface area contributed by atoms with Crippen LogP contribution >= 0.6 is 0 Å². The van der Waals surface area contributed by atoms with E-state index in [1.807, 2.05) is 66.7 Å². The molecule has 0 saturated heterocycles. The summed E-state index contributed by atoms with van der Waals surface area (Å²) in [5.74, 6) is 0.279. The molecule has 0 unspecified atom stereocenters. The SMILES string of the molecule is Oc1c(Nc2ccc(-c3ccccc3)cc2)c2ccccc2c2ccccc12. The van der Waals surface area contributed by atoms with Crippen molar-refractivity contribution in [3.05, 3.63) is 103 Å². The molecule has 5 aromatic rings. The van der Waals surface area contributed by atoms with Crippen LogP contribution in [0.15, 0.2) is 103 Å². The third-order valence-corrected chi connectivity index (χ3v) is 5.17. The van der Waals surface area contributed by atoms with Crippen molar-refractivity contribution in [1.82, 2.24) is 0 Å². The number of aromatic hydroxyl groups is 1. The second-order valence-corrected chi connectivity index (χ2v) is 6.88. The summed E-state index contributed by atoms with van der Waals surface area (Å²) < 4.78 is 0. The highest BCUT2D eigenvalue weighted by Gasteiger charge is 2.13. The second kappa shape index (κ2) is 6.75. The molecule has 0 aliphatic carbocycles. The number of anilines is 2. The summed E-state index contributed by atoms with van der Waals surface area (Å²) in [7, 11) is 0. The lowest BCUT2D eigenvalue weighted by Crippen LogP contribution is -1.94. The minimum absolute atomic E-state index is 0.279. The topological polar surface area (TPSA) is 32.3 Å². The lowest BCUT2D eigenvalue weighted by atomic mass is 9.99. The van der Waals surface area contributed by atoms with Gasteiger partial charge in [0.2, 0.25) is 0 Å². The average molecular weight is 361 g/mol. The molecule has 0 saturated carbocycles. The first kappa shape index (κ1) is 16.4. The van der Waals surface area contributed by atoms with E-state index in [0.29, 0.717) is 0 Å². The predicted molar refractivity (Wildman–Crippen MR) is 118 cm³/mol. The van der Waals surface area contributed by atoms with Gasteiger partial charge in [0.15, 0.2) is 0 Å². The number of rotatable bonds is 3. The van der Waals surface area contributed by atoms with Crippen molar-refractivity contribution in [2.24, 2.45) is 0 Å². The Balaban J connectivity index is 1.60. The molecule has 2 heteroatoms. The van der Waals surface area contributed by atoms with Crippen molar-refractivity contribution in [3.8, 4) is 16.9 Å². The number of phenols is 1. The number of hydrogen-bond acceptors (Lipinski definition) is 2. The first-order chi connectivity index (χ1) is 13.8. The molecule has 0 amide bonds. The molecule has 0 atom stereocenters. The fourth-order valence-electron chi connectivity index (χ4n) is 3.77. The summed E-state index contributed by atoms with van der Waals surface area (Å²) in [5, 5.41) is 18.5. The van der Waals surface area contributed by atoms with Crippen molar-refractivity contribution >= 4 is 32.9 Å². The van der Waals surface area contributed by atoms with Crippen molar-refractivity contribution in [2.75, 3.05) is 5.32 Å². The Kier molecular flexibility index (Phi) is 3.95. The fourth-order valence-corrected chi connectivity index (χ4v) is 3.77. The first-order valence-corrected chi connectivity index (χ1v) is 9.36. The Bertz CT molecular complexity index is 1270. The molecule has 0 aliphatic heterocycles. The standard InChI is InChI=1S/C26H19NO/c28-26-24-13-7-5-11-22(24)21-10-4-6-12-23(21)25(26)27-20-16-14-19(15-17-20)18-8-2-1-3-9-18/h1-17,27-28H. The van der Waals surface area contributed by atoms with Crippen LogP contribution in [0.5, 0.6) is 5.75 Å². The summed E-state index contributed by atoms with van der Waals surface area (Å²) in [4.78, 5) is 0. The zero-order chi connectivity index (χ0) is 18.9. The number of phenolic OH excluding ortho intramolecular Hbond substituents is 1. The van der Waals surface area contributed by atoms with Gasteiger partial charge in [0, 0.05) is 16.5 Å². The number of benzene rings is 5. The minimum Gasteiger partial charge on any atom is -0.505 e. The monoisotopic (exact) mass is 361 g/mol. The Hall–Kier alpha value is -3.78. The van der Waals surface area contributed by atoms with E-state index < -0.39 is 0 Å². The maximum absolute atomic E-state index is 11.0. The molecule has 2 N–H and O–H groups in total. The normalized spacial score (nSPS) is 11.0. The highest BCUT2D eigenvalue weighted by atomic mass is 16.3. The third-order valence-electron chi connectivity index (χ3n) is 5.17. The van der Waals surface area contributed by atoms with Crippen LogP contribution in [-0.4, -0.2) is 5.11 Å². The first-order valence-electron chi connectivity index (χ1n) is 9.36. The highest BCUT2D eigenvalue weighted by molar-refractivity contribution is 6.17. The summed E-state index contributed by atoms with van der Waals surface area (Å²) in [6.45, 7) is 0. The van der Waals surface area contributed by atoms with Gasteiger partial charge in [-0.2, -0.15) is 0 Å². The molecular formula is C26H19NO. The zero-order valence-corrected chi connectivity index (χ0v) is 15.3. The van der Waals surface area contributed by atoms with Crippen LogP contribution in [-0.2, 0) is 0 Å². The maximum atomic E-state index is 11.0. The van der Waals surface area contributed by atoms with Crippen LogP contribution in [0.4, 0.5) is 11.4 Å². The summed E-state index contributed by atoms with van der Waals surface area (Å²) in [6, 6.07) is 34.7. The molecule has 0 bridgehead atoms. The maximum Gasteiger partial charge on any atom is 0.147 e. The molecule has 0 aliphatic rings. The van der Waals surface area contributed by atoms with Gasteiger partial charge in [-0.05, 0) is 34.0 Å². The third kappa shape index (κ3) is 2.76. The van der Waals surface area contributed by atoms with Crippen LogP contribution in [0.3, 0.4) is 0 Å². The number of fused-ring (bicyclic) bond motifs is 3. The Labute approximate surface area is 163 Å². The van der Waals surface area contributed by atoms with E-state index in [9.17, 15) is 5.11 Å². The van der Waals surface area contributed by atoms with E-state index in [4.69, 9.17) is 0 Å². The van der Waals surface area contributed by atoms with Crippen LogP contribution in [0.25, 0.3) is 32.7 Å². The van der Waals surface area contributed by atoms with Gasteiger partial charge < -0.3 is 10.4 Å². The predicted octanol–water partition coefficient (Wildman–Crippen LogP) is 7.11. The van der Waals surface area contributed by atoms with E-state index in [1.54, 1.807) is 0 Å². The Morgan fingerprint density at radius 1 is 0.464 bits per heavy atom. The molecule has 2 nitrogen and oxygen atoms in total. The Morgan fingerprint density at radius 2 is 0.964 bits per heavy atom. The molecule has 0 radical (unpaired) electrons. The van der Waals surface area contributed by atoms with Crippen LogP contribution in [0, 0.1) is 0 Å². The molecule has 0 fully saturated rings. The van der Waals surface area contributed by atoms with E-state index in [1.165, 1.54) is 11.1 Å². The largest absolute Gasteiger partial charge is 0.505 e. The van der Waals surface area contributed by atoms with Gasteiger partial charge in [0.05, 0.1) is 5.69 Å². The molecule has 0 spiro atoms. The van der Waals surface area contributed by atoms with Crippen molar-refractivity contribution < 1.29 is 5.11 Å². The van der Waals surface area contributed by atoms with Crippen molar-refractivity contribution in [2.45, 2.75) is 0 Å². The van der Waals surface area contributed by atoms with Gasteiger partial charge in [-0.1, -0.05) is 91.0 Å². The molecule has 5 rings (SSSR count). The van der Waals surface area contributed by atoms with Gasteiger partial charge in [-0.15, -0.1) is 0 Å². The van der Waals surface area contributed by atoms with E-state index in [0.717, 1.165) is 32.9 Å². The van der Waals surface area contributed by atoms with E-state index in [-0.39, 0.29) is 5.75 Å². The average Bonchev–Trinajstić information content (AvgIpc) is 2.78. The quantitative estimate of drug-likeness (QED) is 0.265. The lowest BCUT2D eigenvalue weighted by molar-refractivity contribution is 0.484. The van der Waals surface area contributed by atoms with Crippen LogP contribution in [0.1, 0.15) is 0 Å². The van der Waals surface area contributed by atoms with Crippen LogP contribution < -0.4 is 5.32 Å². The zero-order valence-electron chi connectivity index (χ0n) is 15.3. The minimum atomic E-state index is 0.279. The summed E-state index contributed by atoms with van der Waals surface area (Å²) >= 11 is 0. The highest BCUT2D eigenvalue weighted by Crippen LogP contribution is 2.42. The van der Waals surface area contributed by atoms with E-state index in [2.05, 4.69) is 41.7 Å². The molecule has 28 heavy (non-hydrogen) atoms. The van der Waals surface area contributed by atoms with Crippen LogP contribution in [0.2, 0.25) is 0 Å². The van der Waals surface area contributed by atoms with Crippen molar-refractivity contribution in [1.29, 1.82) is 0 Å². The summed E-state index contributed by atoms with van der Waals surface area (Å²) in [5.41, 5.74) is 4.03. The van der Waals surface area contributed by atoms with Crippen molar-refractivity contribution in [3.63, 3.8) is 0 Å².